The van der Waals surface area contributed by atoms with Gasteiger partial charge >= 0.3 is 0 Å². The minimum atomic E-state index is -0.286. The lowest BCUT2D eigenvalue weighted by Gasteiger charge is -2.38. The quantitative estimate of drug-likeness (QED) is 0.711. The highest BCUT2D eigenvalue weighted by Crippen LogP contribution is 2.48. The van der Waals surface area contributed by atoms with E-state index in [1.165, 1.54) is 0 Å². The zero-order valence-corrected chi connectivity index (χ0v) is 19.4. The number of amides is 3. The monoisotopic (exact) mass is 449 g/mol. The van der Waals surface area contributed by atoms with Gasteiger partial charge in [-0.25, -0.2) is 0 Å². The number of hydrogen-bond donors (Lipinski definition) is 1. The average molecular weight is 450 g/mol. The van der Waals surface area contributed by atoms with Crippen molar-refractivity contribution in [3.63, 3.8) is 0 Å². The smallest absolute Gasteiger partial charge is 0.251 e. The minimum Gasteiger partial charge on any atom is -0.355 e. The molecule has 4 aliphatic rings. The van der Waals surface area contributed by atoms with Crippen LogP contribution in [0.25, 0.3) is 0 Å². The van der Waals surface area contributed by atoms with Crippen molar-refractivity contribution in [3.8, 4) is 6.07 Å². The maximum Gasteiger partial charge on any atom is 0.251 e. The Labute approximate surface area is 194 Å². The molecule has 1 aliphatic carbocycles. The van der Waals surface area contributed by atoms with Crippen molar-refractivity contribution in [2.24, 2.45) is 11.8 Å². The Morgan fingerprint density at radius 1 is 1.18 bits per heavy atom. The third kappa shape index (κ3) is 3.59. The van der Waals surface area contributed by atoms with Crippen molar-refractivity contribution in [1.29, 1.82) is 5.26 Å². The maximum absolute atomic E-state index is 13.3. The molecule has 1 N–H and O–H groups in total. The summed E-state index contributed by atoms with van der Waals surface area (Å²) in [5.74, 6) is 0.332. The van der Waals surface area contributed by atoms with E-state index in [4.69, 9.17) is 0 Å². The van der Waals surface area contributed by atoms with Crippen LogP contribution in [0.3, 0.4) is 0 Å². The first kappa shape index (κ1) is 21.9. The first-order valence-electron chi connectivity index (χ1n) is 11.9. The Bertz CT molecular complexity index is 1020. The summed E-state index contributed by atoms with van der Waals surface area (Å²) in [5.41, 5.74) is 1.61. The van der Waals surface area contributed by atoms with Crippen LogP contribution in [0, 0.1) is 23.2 Å². The van der Waals surface area contributed by atoms with E-state index in [-0.39, 0.29) is 53.8 Å². The summed E-state index contributed by atoms with van der Waals surface area (Å²) in [7, 11) is 1.61. The van der Waals surface area contributed by atoms with Crippen molar-refractivity contribution in [3.05, 3.63) is 35.4 Å². The number of nitrogens with zero attached hydrogens (tertiary/aromatic N) is 4. The molecule has 7 atom stereocenters. The van der Waals surface area contributed by atoms with E-state index in [9.17, 15) is 19.6 Å². The fourth-order valence-corrected chi connectivity index (χ4v) is 6.19. The molecular weight excluding hydrogens is 418 g/mol. The predicted molar refractivity (Wildman–Crippen MR) is 121 cm³/mol. The Balaban J connectivity index is 1.21. The molecule has 3 saturated heterocycles. The molecule has 1 saturated carbocycles. The molecule has 1 unspecified atom stereocenters. The van der Waals surface area contributed by atoms with Gasteiger partial charge in [0.15, 0.2) is 0 Å². The summed E-state index contributed by atoms with van der Waals surface area (Å²) in [6.45, 7) is 5.28. The van der Waals surface area contributed by atoms with Crippen molar-refractivity contribution < 1.29 is 14.4 Å². The van der Waals surface area contributed by atoms with Gasteiger partial charge in [0.2, 0.25) is 11.8 Å². The first-order chi connectivity index (χ1) is 15.8. The second-order valence-corrected chi connectivity index (χ2v) is 10.1. The molecular formula is C25H31N5O3. The van der Waals surface area contributed by atoms with E-state index in [0.29, 0.717) is 18.0 Å². The number of piperazine rings is 1. The number of benzene rings is 1. The number of fused-ring (bicyclic) bond motifs is 3. The van der Waals surface area contributed by atoms with Gasteiger partial charge in [-0.15, -0.1) is 0 Å². The fraction of sp³-hybridized carbons (Fsp3) is 0.600. The molecule has 0 spiro atoms. The SMILES string of the molecule is CNC(=O)c1ccc([C@@H](C)N2C(=O)[C@@H]3C[C@H]2CN3C[C@H](C)C(=O)N2C3C[C@H]3C[C@H]2C#N)cc1. The lowest BCUT2D eigenvalue weighted by molar-refractivity contribution is -0.142. The van der Waals surface area contributed by atoms with Gasteiger partial charge in [0.05, 0.1) is 18.2 Å². The highest BCUT2D eigenvalue weighted by Gasteiger charge is 2.55. The van der Waals surface area contributed by atoms with Crippen LogP contribution < -0.4 is 5.32 Å². The Hall–Kier alpha value is -2.92. The van der Waals surface area contributed by atoms with E-state index in [2.05, 4.69) is 16.3 Å². The van der Waals surface area contributed by atoms with Gasteiger partial charge in [-0.3, -0.25) is 19.3 Å². The van der Waals surface area contributed by atoms with Crippen LogP contribution in [0.5, 0.6) is 0 Å². The summed E-state index contributed by atoms with van der Waals surface area (Å²) in [4.78, 5) is 44.1. The number of carbonyl (C=O) groups excluding carboxylic acids is 3. The number of piperidine rings is 1. The standard InChI is InChI=1S/C25H31N5O3/c1-14(24(32)30-19(11-26)8-18-9-21(18)30)12-28-13-20-10-22(28)25(33)29(20)15(2)16-4-6-17(7-5-16)23(31)27-3/h4-7,14-15,18-22H,8-10,12-13H2,1-3H3,(H,27,31)/t14-,15+,18+,19-,20-,21?,22-/m0/s1. The largest absolute Gasteiger partial charge is 0.355 e. The topological polar surface area (TPSA) is 96.8 Å². The molecule has 3 amide bonds. The fourth-order valence-electron chi connectivity index (χ4n) is 6.19. The van der Waals surface area contributed by atoms with Gasteiger partial charge in [-0.1, -0.05) is 19.1 Å². The van der Waals surface area contributed by atoms with Crippen molar-refractivity contribution in [1.82, 2.24) is 20.0 Å². The van der Waals surface area contributed by atoms with E-state index in [0.717, 1.165) is 31.4 Å². The first-order valence-corrected chi connectivity index (χ1v) is 11.9. The highest BCUT2D eigenvalue weighted by atomic mass is 16.2. The Morgan fingerprint density at radius 2 is 1.91 bits per heavy atom. The van der Waals surface area contributed by atoms with Crippen LogP contribution in [0.15, 0.2) is 24.3 Å². The number of nitrogens with one attached hydrogen (secondary N) is 1. The van der Waals surface area contributed by atoms with Crippen molar-refractivity contribution in [2.45, 2.75) is 63.3 Å². The number of carbonyl (C=O) groups is 3. The van der Waals surface area contributed by atoms with Gasteiger partial charge in [-0.05, 0) is 49.8 Å². The molecule has 174 valence electrons. The van der Waals surface area contributed by atoms with Gasteiger partial charge in [0, 0.05) is 43.7 Å². The van der Waals surface area contributed by atoms with Gasteiger partial charge < -0.3 is 15.1 Å². The zero-order valence-electron chi connectivity index (χ0n) is 19.4. The summed E-state index contributed by atoms with van der Waals surface area (Å²) >= 11 is 0. The van der Waals surface area contributed by atoms with Crippen LogP contribution in [0.4, 0.5) is 0 Å². The molecule has 3 aliphatic heterocycles. The second kappa shape index (κ2) is 8.14. The predicted octanol–water partition coefficient (Wildman–Crippen LogP) is 1.54. The van der Waals surface area contributed by atoms with Crippen LogP contribution in [-0.2, 0) is 9.59 Å². The summed E-state index contributed by atoms with van der Waals surface area (Å²) in [6, 6.07) is 9.56. The summed E-state index contributed by atoms with van der Waals surface area (Å²) < 4.78 is 0. The third-order valence-electron chi connectivity index (χ3n) is 8.05. The zero-order chi connectivity index (χ0) is 23.4. The summed E-state index contributed by atoms with van der Waals surface area (Å²) in [6.07, 6.45) is 2.62. The van der Waals surface area contributed by atoms with E-state index in [1.54, 1.807) is 19.2 Å². The van der Waals surface area contributed by atoms with E-state index < -0.39 is 0 Å². The minimum absolute atomic E-state index is 0.0585. The van der Waals surface area contributed by atoms with Crippen molar-refractivity contribution >= 4 is 17.7 Å². The average Bonchev–Trinajstić information content (AvgIpc) is 3.15. The van der Waals surface area contributed by atoms with Crippen molar-refractivity contribution in [2.75, 3.05) is 20.1 Å². The van der Waals surface area contributed by atoms with E-state index in [1.807, 2.05) is 35.8 Å². The number of hydrogen-bond acceptors (Lipinski definition) is 5. The number of rotatable bonds is 6. The molecule has 1 aromatic carbocycles. The molecule has 3 heterocycles. The number of nitriles is 1. The Morgan fingerprint density at radius 3 is 2.55 bits per heavy atom. The van der Waals surface area contributed by atoms with Crippen LogP contribution in [0.2, 0.25) is 0 Å². The molecule has 8 nitrogen and oxygen atoms in total. The number of likely N-dealkylation sites (tertiary alicyclic amines) is 3. The maximum atomic E-state index is 13.3. The van der Waals surface area contributed by atoms with Crippen LogP contribution in [0.1, 0.15) is 55.1 Å². The van der Waals surface area contributed by atoms with Gasteiger partial charge in [0.1, 0.15) is 6.04 Å². The second-order valence-electron chi connectivity index (χ2n) is 10.1. The van der Waals surface area contributed by atoms with Gasteiger partial charge in [0.25, 0.3) is 5.91 Å². The Kier molecular flexibility index (Phi) is 5.40. The lowest BCUT2D eigenvalue weighted by Crippen LogP contribution is -2.53. The molecule has 1 aromatic rings. The van der Waals surface area contributed by atoms with E-state index >= 15 is 0 Å². The molecule has 8 heteroatoms. The van der Waals surface area contributed by atoms with Gasteiger partial charge in [-0.2, -0.15) is 5.26 Å². The summed E-state index contributed by atoms with van der Waals surface area (Å²) in [5, 5.41) is 12.0. The molecule has 0 radical (unpaired) electrons. The molecule has 5 rings (SSSR count). The molecule has 4 fully saturated rings. The lowest BCUT2D eigenvalue weighted by atomic mass is 10.0. The molecule has 33 heavy (non-hydrogen) atoms. The van der Waals surface area contributed by atoms with Crippen LogP contribution in [-0.4, -0.2) is 76.7 Å². The molecule has 0 aromatic heterocycles. The molecule has 2 bridgehead atoms. The van der Waals surface area contributed by atoms with Crippen LogP contribution >= 0.6 is 0 Å². The third-order valence-corrected chi connectivity index (χ3v) is 8.05. The normalized spacial score (nSPS) is 31.8. The highest BCUT2D eigenvalue weighted by molar-refractivity contribution is 5.94.